The van der Waals surface area contributed by atoms with E-state index in [1.165, 1.54) is 11.1 Å². The number of hydrazine groups is 1. The molecule has 2 saturated heterocycles. The van der Waals surface area contributed by atoms with Gasteiger partial charge in [0.2, 0.25) is 0 Å². The summed E-state index contributed by atoms with van der Waals surface area (Å²) in [4.78, 5) is 0. The molecule has 0 aromatic heterocycles. The van der Waals surface area contributed by atoms with E-state index in [2.05, 4.69) is 88.4 Å². The Labute approximate surface area is 131 Å². The first kappa shape index (κ1) is 13.9. The van der Waals surface area contributed by atoms with Crippen LogP contribution in [0.1, 0.15) is 29.6 Å². The van der Waals surface area contributed by atoms with E-state index in [0.717, 1.165) is 13.1 Å². The highest BCUT2D eigenvalue weighted by atomic mass is 15.8. The van der Waals surface area contributed by atoms with Crippen LogP contribution in [0.3, 0.4) is 0 Å². The zero-order valence-corrected chi connectivity index (χ0v) is 12.8. The smallest absolute Gasteiger partial charge is 0.129 e. The number of hydrogen-bond acceptors (Lipinski definition) is 4. The minimum absolute atomic E-state index is 0.189. The fourth-order valence-electron chi connectivity index (χ4n) is 3.62. The van der Waals surface area contributed by atoms with Crippen molar-refractivity contribution in [3.8, 4) is 0 Å². The first-order chi connectivity index (χ1) is 10.8. The van der Waals surface area contributed by atoms with Crippen molar-refractivity contribution in [1.82, 2.24) is 20.7 Å². The van der Waals surface area contributed by atoms with E-state index in [4.69, 9.17) is 0 Å². The van der Waals surface area contributed by atoms with Gasteiger partial charge in [0.05, 0.1) is 12.7 Å². The van der Waals surface area contributed by atoms with Crippen molar-refractivity contribution in [2.75, 3.05) is 13.7 Å². The third-order valence-electron chi connectivity index (χ3n) is 4.70. The fraction of sp³-hybridized carbons (Fsp3) is 0.333. The quantitative estimate of drug-likeness (QED) is 0.891. The first-order valence-corrected chi connectivity index (χ1v) is 7.91. The molecule has 114 valence electrons. The molecular weight excluding hydrogens is 272 g/mol. The Hall–Kier alpha value is -1.72. The summed E-state index contributed by atoms with van der Waals surface area (Å²) in [5.41, 5.74) is 2.74. The molecule has 4 rings (SSSR count). The van der Waals surface area contributed by atoms with Crippen LogP contribution in [-0.2, 0) is 0 Å². The molecule has 3 unspecified atom stereocenters. The Kier molecular flexibility index (Phi) is 3.68. The summed E-state index contributed by atoms with van der Waals surface area (Å²) in [5.74, 6) is 0. The second-order valence-corrected chi connectivity index (χ2v) is 6.09. The normalized spacial score (nSPS) is 29.4. The third kappa shape index (κ3) is 2.44. The molecule has 0 aliphatic carbocycles. The van der Waals surface area contributed by atoms with E-state index < -0.39 is 0 Å². The van der Waals surface area contributed by atoms with Gasteiger partial charge in [-0.15, -0.1) is 0 Å². The highest BCUT2D eigenvalue weighted by Crippen LogP contribution is 2.38. The van der Waals surface area contributed by atoms with E-state index in [9.17, 15) is 0 Å². The van der Waals surface area contributed by atoms with Crippen molar-refractivity contribution in [3.05, 3.63) is 71.8 Å². The van der Waals surface area contributed by atoms with Crippen molar-refractivity contribution >= 4 is 0 Å². The number of benzene rings is 2. The molecule has 0 bridgehead atoms. The lowest BCUT2D eigenvalue weighted by molar-refractivity contribution is -0.0689. The van der Waals surface area contributed by atoms with Crippen molar-refractivity contribution in [3.63, 3.8) is 0 Å². The molecule has 0 amide bonds. The van der Waals surface area contributed by atoms with Gasteiger partial charge in [0.1, 0.15) is 6.29 Å². The lowest BCUT2D eigenvalue weighted by Crippen LogP contribution is -2.56. The first-order valence-electron chi connectivity index (χ1n) is 7.91. The summed E-state index contributed by atoms with van der Waals surface area (Å²) in [7, 11) is 2.15. The van der Waals surface area contributed by atoms with Crippen LogP contribution < -0.4 is 10.6 Å². The average molecular weight is 294 g/mol. The molecule has 2 heterocycles. The van der Waals surface area contributed by atoms with Crippen LogP contribution in [0, 0.1) is 0 Å². The molecule has 4 heteroatoms. The van der Waals surface area contributed by atoms with Crippen LogP contribution in [0.2, 0.25) is 0 Å². The van der Waals surface area contributed by atoms with Gasteiger partial charge in [-0.3, -0.25) is 10.6 Å². The summed E-state index contributed by atoms with van der Waals surface area (Å²) in [6.45, 7) is 0.877. The molecule has 22 heavy (non-hydrogen) atoms. The lowest BCUT2D eigenvalue weighted by Gasteiger charge is -2.44. The summed E-state index contributed by atoms with van der Waals surface area (Å²) < 4.78 is 0. The Balaban J connectivity index is 1.67. The predicted molar refractivity (Wildman–Crippen MR) is 87.5 cm³/mol. The van der Waals surface area contributed by atoms with Gasteiger partial charge in [-0.05, 0) is 17.5 Å². The molecule has 2 fully saturated rings. The summed E-state index contributed by atoms with van der Waals surface area (Å²) in [6.07, 6.45) is 1.26. The van der Waals surface area contributed by atoms with Crippen molar-refractivity contribution in [2.24, 2.45) is 0 Å². The molecule has 2 N–H and O–H groups in total. The van der Waals surface area contributed by atoms with Gasteiger partial charge in [-0.2, -0.15) is 0 Å². The minimum atomic E-state index is 0.189. The van der Waals surface area contributed by atoms with E-state index in [-0.39, 0.29) is 6.29 Å². The number of nitrogens with one attached hydrogen (secondary N) is 2. The molecule has 0 spiro atoms. The Morgan fingerprint density at radius 2 is 1.55 bits per heavy atom. The fourth-order valence-corrected chi connectivity index (χ4v) is 3.62. The Morgan fingerprint density at radius 3 is 2.23 bits per heavy atom. The molecule has 0 radical (unpaired) electrons. The maximum absolute atomic E-state index is 3.73. The average Bonchev–Trinajstić information content (AvgIpc) is 2.97. The zero-order valence-electron chi connectivity index (χ0n) is 12.8. The van der Waals surface area contributed by atoms with Gasteiger partial charge >= 0.3 is 0 Å². The van der Waals surface area contributed by atoms with Gasteiger partial charge in [-0.1, -0.05) is 60.7 Å². The maximum atomic E-state index is 3.73. The molecular formula is C18H22N4. The van der Waals surface area contributed by atoms with Crippen LogP contribution in [0.4, 0.5) is 0 Å². The van der Waals surface area contributed by atoms with Gasteiger partial charge in [0.15, 0.2) is 0 Å². The van der Waals surface area contributed by atoms with E-state index in [1.54, 1.807) is 0 Å². The maximum Gasteiger partial charge on any atom is 0.129 e. The Bertz CT molecular complexity index is 615. The topological polar surface area (TPSA) is 30.5 Å². The molecule has 2 aromatic rings. The van der Waals surface area contributed by atoms with Crippen LogP contribution in [0.15, 0.2) is 60.7 Å². The van der Waals surface area contributed by atoms with Crippen molar-refractivity contribution in [1.29, 1.82) is 0 Å². The number of hydrogen-bond donors (Lipinski definition) is 2. The second-order valence-electron chi connectivity index (χ2n) is 6.09. The standard InChI is InChI=1S/C18H22N4/c1-21-13-19-18-20-16(14-8-4-2-5-9-14)12-17(22(18)21)15-10-6-3-7-11-15/h2-11,16-20H,12-13H2,1H3. The number of rotatable bonds is 2. The monoisotopic (exact) mass is 294 g/mol. The molecule has 2 aromatic carbocycles. The predicted octanol–water partition coefficient (Wildman–Crippen LogP) is 2.46. The van der Waals surface area contributed by atoms with Gasteiger partial charge in [0.25, 0.3) is 0 Å². The summed E-state index contributed by atoms with van der Waals surface area (Å²) in [6, 6.07) is 22.3. The van der Waals surface area contributed by atoms with Crippen molar-refractivity contribution in [2.45, 2.75) is 24.8 Å². The van der Waals surface area contributed by atoms with Crippen LogP contribution >= 0.6 is 0 Å². The number of fused-ring (bicyclic) bond motifs is 1. The molecule has 3 atom stereocenters. The Morgan fingerprint density at radius 1 is 0.909 bits per heavy atom. The highest BCUT2D eigenvalue weighted by molar-refractivity contribution is 5.24. The lowest BCUT2D eigenvalue weighted by atomic mass is 9.92. The highest BCUT2D eigenvalue weighted by Gasteiger charge is 2.41. The molecule has 0 saturated carbocycles. The van der Waals surface area contributed by atoms with E-state index in [0.29, 0.717) is 12.1 Å². The van der Waals surface area contributed by atoms with Gasteiger partial charge in [0, 0.05) is 13.1 Å². The largest absolute Gasteiger partial charge is 0.281 e. The van der Waals surface area contributed by atoms with Crippen LogP contribution in [0.25, 0.3) is 0 Å². The SMILES string of the molecule is CN1CNC2NC(c3ccccc3)CC(c3ccccc3)N21. The van der Waals surface area contributed by atoms with Crippen LogP contribution in [0.5, 0.6) is 0 Å². The molecule has 4 nitrogen and oxygen atoms in total. The van der Waals surface area contributed by atoms with Crippen LogP contribution in [-0.4, -0.2) is 30.0 Å². The van der Waals surface area contributed by atoms with E-state index in [1.807, 2.05) is 0 Å². The van der Waals surface area contributed by atoms with Gasteiger partial charge in [-0.25, -0.2) is 10.0 Å². The summed E-state index contributed by atoms with van der Waals surface area (Å²) in [5, 5.41) is 12.0. The zero-order chi connectivity index (χ0) is 14.9. The third-order valence-corrected chi connectivity index (χ3v) is 4.70. The number of nitrogens with zero attached hydrogens (tertiary/aromatic N) is 2. The summed E-state index contributed by atoms with van der Waals surface area (Å²) >= 11 is 0. The van der Waals surface area contributed by atoms with E-state index >= 15 is 0 Å². The van der Waals surface area contributed by atoms with Crippen molar-refractivity contribution < 1.29 is 0 Å². The molecule has 2 aliphatic rings. The minimum Gasteiger partial charge on any atom is -0.281 e. The second kappa shape index (κ2) is 5.82. The molecule has 2 aliphatic heterocycles. The van der Waals surface area contributed by atoms with Gasteiger partial charge < -0.3 is 0 Å².